The predicted molar refractivity (Wildman–Crippen MR) is 52.9 cm³/mol. The Balaban J connectivity index is 2.48. The molecular formula is C12H20. The van der Waals surface area contributed by atoms with Gasteiger partial charge in [0, 0.05) is 0 Å². The van der Waals surface area contributed by atoms with E-state index in [0.29, 0.717) is 5.41 Å². The summed E-state index contributed by atoms with van der Waals surface area (Å²) in [6, 6.07) is 0. The summed E-state index contributed by atoms with van der Waals surface area (Å²) in [6.07, 6.45) is 1.38. The van der Waals surface area contributed by atoms with E-state index in [2.05, 4.69) is 34.6 Å². The van der Waals surface area contributed by atoms with Gasteiger partial charge in [-0.25, -0.2) is 0 Å². The van der Waals surface area contributed by atoms with Crippen molar-refractivity contribution in [3.8, 4) is 0 Å². The molecule has 0 aromatic heterocycles. The standard InChI is InChI=1S/C12H20/c1-7-9(3)12(5)6-11(7)8(2)10(12)4/h7,9-10H,6H2,1-5H3. The zero-order valence-corrected chi connectivity index (χ0v) is 8.94. The molecule has 2 rings (SSSR count). The van der Waals surface area contributed by atoms with E-state index in [-0.39, 0.29) is 0 Å². The lowest BCUT2D eigenvalue weighted by atomic mass is 9.67. The van der Waals surface area contributed by atoms with Crippen molar-refractivity contribution in [3.05, 3.63) is 11.1 Å². The number of allylic oxidation sites excluding steroid dienone is 2. The molecule has 0 aromatic carbocycles. The van der Waals surface area contributed by atoms with Gasteiger partial charge in [-0.2, -0.15) is 0 Å². The third-order valence-electron chi connectivity index (χ3n) is 5.06. The second-order valence-electron chi connectivity index (χ2n) is 5.19. The van der Waals surface area contributed by atoms with Gasteiger partial charge >= 0.3 is 0 Å². The van der Waals surface area contributed by atoms with E-state index >= 15 is 0 Å². The lowest BCUT2D eigenvalue weighted by molar-refractivity contribution is 0.153. The maximum atomic E-state index is 2.47. The minimum atomic E-state index is 0.596. The van der Waals surface area contributed by atoms with E-state index in [1.165, 1.54) is 6.42 Å². The first kappa shape index (κ1) is 8.34. The average Bonchev–Trinajstić information content (AvgIpc) is 2.39. The summed E-state index contributed by atoms with van der Waals surface area (Å²) in [7, 11) is 0. The fourth-order valence-electron chi connectivity index (χ4n) is 3.42. The molecule has 1 fully saturated rings. The van der Waals surface area contributed by atoms with E-state index in [0.717, 1.165) is 17.8 Å². The molecule has 2 bridgehead atoms. The molecule has 0 heterocycles. The van der Waals surface area contributed by atoms with Crippen LogP contribution in [0.25, 0.3) is 0 Å². The monoisotopic (exact) mass is 164 g/mol. The maximum absolute atomic E-state index is 2.47. The second-order valence-corrected chi connectivity index (χ2v) is 5.19. The summed E-state index contributed by atoms with van der Waals surface area (Å²) >= 11 is 0. The highest BCUT2D eigenvalue weighted by molar-refractivity contribution is 5.34. The van der Waals surface area contributed by atoms with Crippen molar-refractivity contribution >= 4 is 0 Å². The molecule has 12 heavy (non-hydrogen) atoms. The Morgan fingerprint density at radius 2 is 1.83 bits per heavy atom. The molecular weight excluding hydrogens is 144 g/mol. The lowest BCUT2D eigenvalue weighted by Gasteiger charge is -2.37. The molecule has 1 saturated carbocycles. The van der Waals surface area contributed by atoms with Gasteiger partial charge in [-0.1, -0.05) is 38.8 Å². The molecule has 0 radical (unpaired) electrons. The molecule has 0 nitrogen and oxygen atoms in total. The van der Waals surface area contributed by atoms with Gasteiger partial charge in [0.25, 0.3) is 0 Å². The van der Waals surface area contributed by atoms with Gasteiger partial charge in [-0.05, 0) is 36.5 Å². The highest BCUT2D eigenvalue weighted by Crippen LogP contribution is 2.62. The summed E-state index contributed by atoms with van der Waals surface area (Å²) in [5, 5.41) is 0. The highest BCUT2D eigenvalue weighted by atomic mass is 14.6. The van der Waals surface area contributed by atoms with Crippen LogP contribution in [0.15, 0.2) is 11.1 Å². The molecule has 2 aliphatic rings. The van der Waals surface area contributed by atoms with Crippen LogP contribution in [0.2, 0.25) is 0 Å². The third-order valence-corrected chi connectivity index (χ3v) is 5.06. The third kappa shape index (κ3) is 0.694. The van der Waals surface area contributed by atoms with Crippen molar-refractivity contribution in [1.82, 2.24) is 0 Å². The van der Waals surface area contributed by atoms with Gasteiger partial charge in [-0.15, -0.1) is 0 Å². The second kappa shape index (κ2) is 2.16. The Hall–Kier alpha value is -0.260. The Labute approximate surface area is 76.1 Å². The fourth-order valence-corrected chi connectivity index (χ4v) is 3.42. The van der Waals surface area contributed by atoms with Crippen LogP contribution in [0.4, 0.5) is 0 Å². The maximum Gasteiger partial charge on any atom is -0.0172 e. The van der Waals surface area contributed by atoms with Crippen LogP contribution in [0.1, 0.15) is 41.0 Å². The zero-order chi connectivity index (χ0) is 9.09. The molecule has 0 aliphatic heterocycles. The van der Waals surface area contributed by atoms with Crippen molar-refractivity contribution in [2.24, 2.45) is 23.2 Å². The van der Waals surface area contributed by atoms with Crippen molar-refractivity contribution < 1.29 is 0 Å². The van der Waals surface area contributed by atoms with Gasteiger partial charge in [0.05, 0.1) is 0 Å². The van der Waals surface area contributed by atoms with Crippen LogP contribution in [0.3, 0.4) is 0 Å². The first-order chi connectivity index (χ1) is 5.48. The molecule has 0 saturated heterocycles. The Bertz CT molecular complexity index is 249. The van der Waals surface area contributed by atoms with E-state index < -0.39 is 0 Å². The summed E-state index contributed by atoms with van der Waals surface area (Å²) < 4.78 is 0. The van der Waals surface area contributed by atoms with Crippen molar-refractivity contribution in [1.29, 1.82) is 0 Å². The van der Waals surface area contributed by atoms with Crippen LogP contribution in [0, 0.1) is 23.2 Å². The molecule has 0 heteroatoms. The van der Waals surface area contributed by atoms with Crippen LogP contribution in [-0.2, 0) is 0 Å². The number of hydrogen-bond donors (Lipinski definition) is 0. The number of rotatable bonds is 0. The topological polar surface area (TPSA) is 0 Å². The van der Waals surface area contributed by atoms with E-state index in [1.54, 1.807) is 11.1 Å². The molecule has 0 amide bonds. The smallest absolute Gasteiger partial charge is 0.0172 e. The summed E-state index contributed by atoms with van der Waals surface area (Å²) in [4.78, 5) is 0. The molecule has 4 atom stereocenters. The Kier molecular flexibility index (Phi) is 1.50. The van der Waals surface area contributed by atoms with E-state index in [4.69, 9.17) is 0 Å². The predicted octanol–water partition coefficient (Wildman–Crippen LogP) is 3.63. The molecule has 0 spiro atoms. The van der Waals surface area contributed by atoms with Gasteiger partial charge in [0.15, 0.2) is 0 Å². The van der Waals surface area contributed by atoms with Crippen molar-refractivity contribution in [2.45, 2.75) is 41.0 Å². The molecule has 0 aromatic rings. The molecule has 0 N–H and O–H groups in total. The van der Waals surface area contributed by atoms with Crippen LogP contribution in [-0.4, -0.2) is 0 Å². The molecule has 2 aliphatic carbocycles. The lowest BCUT2D eigenvalue weighted by Crippen LogP contribution is -2.30. The van der Waals surface area contributed by atoms with Crippen molar-refractivity contribution in [3.63, 3.8) is 0 Å². The quantitative estimate of drug-likeness (QED) is 0.479. The normalized spacial score (nSPS) is 52.2. The van der Waals surface area contributed by atoms with Gasteiger partial charge in [0.1, 0.15) is 0 Å². The fraction of sp³-hybridized carbons (Fsp3) is 0.833. The van der Waals surface area contributed by atoms with E-state index in [9.17, 15) is 0 Å². The average molecular weight is 164 g/mol. The molecule has 4 unspecified atom stereocenters. The summed E-state index contributed by atoms with van der Waals surface area (Å²) in [6.45, 7) is 12.1. The first-order valence-corrected chi connectivity index (χ1v) is 5.18. The summed E-state index contributed by atoms with van der Waals surface area (Å²) in [5.41, 5.74) is 4.07. The Morgan fingerprint density at radius 3 is 2.25 bits per heavy atom. The van der Waals surface area contributed by atoms with Gasteiger partial charge < -0.3 is 0 Å². The van der Waals surface area contributed by atoms with Crippen LogP contribution < -0.4 is 0 Å². The largest absolute Gasteiger partial charge is 0.0704 e. The van der Waals surface area contributed by atoms with Gasteiger partial charge in [-0.3, -0.25) is 0 Å². The minimum absolute atomic E-state index is 0.596. The highest BCUT2D eigenvalue weighted by Gasteiger charge is 2.52. The van der Waals surface area contributed by atoms with E-state index in [1.807, 2.05) is 0 Å². The zero-order valence-electron chi connectivity index (χ0n) is 8.94. The first-order valence-electron chi connectivity index (χ1n) is 5.18. The minimum Gasteiger partial charge on any atom is -0.0704 e. The number of hydrogen-bond acceptors (Lipinski definition) is 0. The Morgan fingerprint density at radius 1 is 1.25 bits per heavy atom. The van der Waals surface area contributed by atoms with Crippen molar-refractivity contribution in [2.75, 3.05) is 0 Å². The molecule has 68 valence electrons. The number of fused-ring (bicyclic) bond motifs is 2. The van der Waals surface area contributed by atoms with Gasteiger partial charge in [0.2, 0.25) is 0 Å². The van der Waals surface area contributed by atoms with Crippen LogP contribution >= 0.6 is 0 Å². The summed E-state index contributed by atoms with van der Waals surface area (Å²) in [5.74, 6) is 2.58. The SMILES string of the molecule is CC1=C2CC(C)(C1C)C(C)C2C. The van der Waals surface area contributed by atoms with Crippen LogP contribution in [0.5, 0.6) is 0 Å².